The Morgan fingerprint density at radius 2 is 1.97 bits per heavy atom. The highest BCUT2D eigenvalue weighted by molar-refractivity contribution is 7.21. The summed E-state index contributed by atoms with van der Waals surface area (Å²) < 4.78 is 24.5. The second-order valence-electron chi connectivity index (χ2n) is 8.86. The summed E-state index contributed by atoms with van der Waals surface area (Å²) >= 11 is 1.64. The van der Waals surface area contributed by atoms with Crippen molar-refractivity contribution in [1.29, 1.82) is 0 Å². The van der Waals surface area contributed by atoms with Crippen LogP contribution in [0.25, 0.3) is 20.8 Å². The van der Waals surface area contributed by atoms with Crippen LogP contribution >= 0.6 is 11.3 Å². The van der Waals surface area contributed by atoms with Crippen LogP contribution in [0.1, 0.15) is 22.3 Å². The van der Waals surface area contributed by atoms with Crippen molar-refractivity contribution < 1.29 is 23.7 Å². The second kappa shape index (κ2) is 9.79. The van der Waals surface area contributed by atoms with Gasteiger partial charge in [-0.05, 0) is 48.5 Å². The zero-order chi connectivity index (χ0) is 24.5. The minimum Gasteiger partial charge on any atom is -0.497 e. The number of fused-ring (bicyclic) bond motifs is 2. The van der Waals surface area contributed by atoms with Crippen molar-refractivity contribution in [2.75, 3.05) is 33.5 Å². The third-order valence-electron chi connectivity index (χ3n) is 6.45. The van der Waals surface area contributed by atoms with Gasteiger partial charge in [0.1, 0.15) is 23.5 Å². The first-order valence-corrected chi connectivity index (χ1v) is 12.8. The van der Waals surface area contributed by atoms with Gasteiger partial charge in [0.25, 0.3) is 5.91 Å². The van der Waals surface area contributed by atoms with E-state index in [9.17, 15) is 4.79 Å². The number of benzene rings is 3. The molecule has 3 aromatic carbocycles. The molecule has 184 valence electrons. The van der Waals surface area contributed by atoms with Gasteiger partial charge in [0.2, 0.25) is 0 Å². The number of rotatable bonds is 5. The molecule has 0 N–H and O–H groups in total. The summed E-state index contributed by atoms with van der Waals surface area (Å²) in [6.07, 6.45) is 0.811. The van der Waals surface area contributed by atoms with Gasteiger partial charge >= 0.3 is 0 Å². The molecule has 0 saturated carbocycles. The van der Waals surface area contributed by atoms with E-state index in [4.69, 9.17) is 23.9 Å². The highest BCUT2D eigenvalue weighted by Crippen LogP contribution is 2.41. The van der Waals surface area contributed by atoms with Crippen LogP contribution in [0.3, 0.4) is 0 Å². The lowest BCUT2D eigenvalue weighted by atomic mass is 10.1. The lowest BCUT2D eigenvalue weighted by Gasteiger charge is -2.21. The average molecular weight is 503 g/mol. The van der Waals surface area contributed by atoms with E-state index in [-0.39, 0.29) is 12.0 Å². The van der Waals surface area contributed by atoms with E-state index in [0.29, 0.717) is 55.7 Å². The molecule has 0 radical (unpaired) electrons. The zero-order valence-electron chi connectivity index (χ0n) is 19.9. The monoisotopic (exact) mass is 502 g/mol. The molecule has 0 aliphatic carbocycles. The molecule has 8 heteroatoms. The SMILES string of the molecule is COc1ccc(C(=O)N2CCOc3c(cc(-c4nc5ccccc5s4)cc3O[C@H]3CCOC3)C2)cc1. The Labute approximate surface area is 213 Å². The highest BCUT2D eigenvalue weighted by Gasteiger charge is 2.27. The summed E-state index contributed by atoms with van der Waals surface area (Å²) in [6, 6.07) is 19.4. The number of methoxy groups -OCH3 is 1. The van der Waals surface area contributed by atoms with E-state index >= 15 is 0 Å². The van der Waals surface area contributed by atoms with E-state index in [1.165, 1.54) is 0 Å². The fourth-order valence-electron chi connectivity index (χ4n) is 4.57. The van der Waals surface area contributed by atoms with E-state index < -0.39 is 0 Å². The van der Waals surface area contributed by atoms with Crippen LogP contribution in [0.2, 0.25) is 0 Å². The predicted molar refractivity (Wildman–Crippen MR) is 138 cm³/mol. The first-order valence-electron chi connectivity index (χ1n) is 12.0. The Balaban J connectivity index is 1.37. The van der Waals surface area contributed by atoms with Gasteiger partial charge in [-0.25, -0.2) is 4.98 Å². The Morgan fingerprint density at radius 3 is 2.75 bits per heavy atom. The molecule has 0 spiro atoms. The van der Waals surface area contributed by atoms with Crippen LogP contribution in [-0.2, 0) is 11.3 Å². The maximum Gasteiger partial charge on any atom is 0.254 e. The number of aromatic nitrogens is 1. The normalized spacial score (nSPS) is 17.4. The lowest BCUT2D eigenvalue weighted by molar-refractivity contribution is 0.0732. The smallest absolute Gasteiger partial charge is 0.254 e. The molecule has 4 aromatic rings. The van der Waals surface area contributed by atoms with Crippen LogP contribution in [0, 0.1) is 0 Å². The lowest BCUT2D eigenvalue weighted by Crippen LogP contribution is -2.32. The van der Waals surface area contributed by atoms with Gasteiger partial charge < -0.3 is 23.8 Å². The summed E-state index contributed by atoms with van der Waals surface area (Å²) in [5.74, 6) is 2.04. The number of carbonyl (C=O) groups excluding carboxylic acids is 1. The number of ether oxygens (including phenoxy) is 4. The van der Waals surface area contributed by atoms with Crippen LogP contribution < -0.4 is 14.2 Å². The van der Waals surface area contributed by atoms with E-state index in [1.54, 1.807) is 42.7 Å². The number of thiazole rings is 1. The summed E-state index contributed by atoms with van der Waals surface area (Å²) in [5, 5.41) is 0.906. The third-order valence-corrected chi connectivity index (χ3v) is 7.53. The standard InChI is InChI=1S/C28H26N2O5S/c1-32-21-8-6-18(7-9-21)28(31)30-11-13-34-26-20(16-30)14-19(15-24(26)35-22-10-12-33-17-22)27-29-23-4-2-3-5-25(23)36-27/h2-9,14-15,22H,10-13,16-17H2,1H3/t22-/m0/s1. The first-order chi connectivity index (χ1) is 17.7. The van der Waals surface area contributed by atoms with E-state index in [2.05, 4.69) is 12.1 Å². The molecule has 1 atom stereocenters. The largest absolute Gasteiger partial charge is 0.497 e. The van der Waals surface area contributed by atoms with Gasteiger partial charge in [0.15, 0.2) is 11.5 Å². The maximum absolute atomic E-state index is 13.4. The van der Waals surface area contributed by atoms with Crippen molar-refractivity contribution >= 4 is 27.5 Å². The van der Waals surface area contributed by atoms with Crippen LogP contribution in [0.4, 0.5) is 0 Å². The Kier molecular flexibility index (Phi) is 6.21. The minimum atomic E-state index is -0.0499. The molecule has 1 amide bonds. The molecule has 2 aliphatic rings. The van der Waals surface area contributed by atoms with Crippen molar-refractivity contribution in [3.63, 3.8) is 0 Å². The quantitative estimate of drug-likeness (QED) is 0.375. The van der Waals surface area contributed by atoms with Crippen LogP contribution in [0.5, 0.6) is 17.2 Å². The summed E-state index contributed by atoms with van der Waals surface area (Å²) in [7, 11) is 1.61. The van der Waals surface area contributed by atoms with E-state index in [0.717, 1.165) is 32.8 Å². The second-order valence-corrected chi connectivity index (χ2v) is 9.89. The van der Waals surface area contributed by atoms with Crippen molar-refractivity contribution in [3.05, 3.63) is 71.8 Å². The minimum absolute atomic E-state index is 0.0244. The van der Waals surface area contributed by atoms with Gasteiger partial charge in [-0.15, -0.1) is 11.3 Å². The predicted octanol–water partition coefficient (Wildman–Crippen LogP) is 5.17. The molecule has 1 fully saturated rings. The number of nitrogens with zero attached hydrogens (tertiary/aromatic N) is 2. The summed E-state index contributed by atoms with van der Waals surface area (Å²) in [5.41, 5.74) is 3.43. The van der Waals surface area contributed by atoms with Gasteiger partial charge in [-0.3, -0.25) is 4.79 Å². The number of amides is 1. The molecule has 0 unspecified atom stereocenters. The fraction of sp³-hybridized carbons (Fsp3) is 0.286. The Bertz CT molecular complexity index is 1360. The molecule has 0 bridgehead atoms. The first kappa shape index (κ1) is 22.8. The number of carbonyl (C=O) groups is 1. The highest BCUT2D eigenvalue weighted by atomic mass is 32.1. The summed E-state index contributed by atoms with van der Waals surface area (Å²) in [4.78, 5) is 20.0. The molecule has 1 aromatic heterocycles. The molecule has 2 aliphatic heterocycles. The number of hydrogen-bond acceptors (Lipinski definition) is 7. The zero-order valence-corrected chi connectivity index (χ0v) is 20.8. The van der Waals surface area contributed by atoms with Crippen molar-refractivity contribution in [1.82, 2.24) is 9.88 Å². The van der Waals surface area contributed by atoms with Crippen molar-refractivity contribution in [2.24, 2.45) is 0 Å². The van der Waals surface area contributed by atoms with Gasteiger partial charge in [-0.2, -0.15) is 0 Å². The molecular weight excluding hydrogens is 476 g/mol. The topological polar surface area (TPSA) is 70.1 Å². The van der Waals surface area contributed by atoms with Gasteiger partial charge in [-0.1, -0.05) is 12.1 Å². The van der Waals surface area contributed by atoms with Crippen molar-refractivity contribution in [2.45, 2.75) is 19.1 Å². The molecule has 1 saturated heterocycles. The Hall–Kier alpha value is -3.62. The average Bonchev–Trinajstić information content (AvgIpc) is 3.53. The number of para-hydroxylation sites is 1. The number of hydrogen-bond donors (Lipinski definition) is 0. The third kappa shape index (κ3) is 4.50. The van der Waals surface area contributed by atoms with E-state index in [1.807, 2.05) is 29.2 Å². The van der Waals surface area contributed by atoms with Gasteiger partial charge in [0.05, 0.1) is 37.1 Å². The Morgan fingerprint density at radius 1 is 1.11 bits per heavy atom. The van der Waals surface area contributed by atoms with Crippen molar-refractivity contribution in [3.8, 4) is 27.8 Å². The molecule has 36 heavy (non-hydrogen) atoms. The molecule has 6 rings (SSSR count). The maximum atomic E-state index is 13.4. The fourth-order valence-corrected chi connectivity index (χ4v) is 5.52. The summed E-state index contributed by atoms with van der Waals surface area (Å²) in [6.45, 7) is 2.52. The van der Waals surface area contributed by atoms with Gasteiger partial charge in [0, 0.05) is 29.7 Å². The van der Waals surface area contributed by atoms with Crippen LogP contribution in [0.15, 0.2) is 60.7 Å². The molecule has 7 nitrogen and oxygen atoms in total. The molecular formula is C28H26N2O5S. The molecule has 3 heterocycles. The van der Waals surface area contributed by atoms with Crippen LogP contribution in [-0.4, -0.2) is 55.4 Å².